The van der Waals surface area contributed by atoms with E-state index in [2.05, 4.69) is 0 Å². The molecule has 1 aromatic carbocycles. The average Bonchev–Trinajstić information content (AvgIpc) is 2.88. The molecule has 1 aliphatic carbocycles. The van der Waals surface area contributed by atoms with Crippen LogP contribution >= 0.6 is 0 Å². The maximum absolute atomic E-state index is 12.2. The first-order valence-corrected chi connectivity index (χ1v) is 5.83. The van der Waals surface area contributed by atoms with E-state index in [0.29, 0.717) is 11.5 Å². The molecule has 1 aliphatic heterocycles. The second-order valence-electron chi connectivity index (χ2n) is 4.53. The number of fused-ring (bicyclic) bond motifs is 2. The molecule has 0 saturated heterocycles. The first kappa shape index (κ1) is 12.0. The van der Waals surface area contributed by atoms with Crippen molar-refractivity contribution < 1.29 is 28.9 Å². The molecule has 0 fully saturated rings. The Morgan fingerprint density at radius 3 is 2.74 bits per heavy atom. The van der Waals surface area contributed by atoms with Gasteiger partial charge in [-0.15, -0.1) is 0 Å². The Hall–Kier alpha value is -2.08. The van der Waals surface area contributed by atoms with Crippen molar-refractivity contribution in [3.05, 3.63) is 17.2 Å². The van der Waals surface area contributed by atoms with Crippen LogP contribution in [0.3, 0.4) is 0 Å². The highest BCUT2D eigenvalue weighted by molar-refractivity contribution is 6.19. The number of carbonyl (C=O) groups excluding carboxylic acids is 2. The van der Waals surface area contributed by atoms with E-state index in [1.54, 1.807) is 0 Å². The largest absolute Gasteiger partial charge is 0.492 e. The molecule has 100 valence electrons. The van der Waals surface area contributed by atoms with Gasteiger partial charge in [0.05, 0.1) is 18.6 Å². The second-order valence-corrected chi connectivity index (χ2v) is 4.53. The highest BCUT2D eigenvalue weighted by atomic mass is 16.7. The van der Waals surface area contributed by atoms with Gasteiger partial charge in [-0.1, -0.05) is 6.92 Å². The number of ether oxygens (including phenoxy) is 3. The molecule has 3 rings (SSSR count). The van der Waals surface area contributed by atoms with E-state index in [9.17, 15) is 14.7 Å². The summed E-state index contributed by atoms with van der Waals surface area (Å²) in [6.45, 7) is 1.53. The smallest absolute Gasteiger partial charge is 0.231 e. The van der Waals surface area contributed by atoms with Crippen molar-refractivity contribution >= 4 is 11.6 Å². The predicted molar refractivity (Wildman–Crippen MR) is 62.9 cm³/mol. The van der Waals surface area contributed by atoms with Gasteiger partial charge in [0.2, 0.25) is 12.5 Å². The second kappa shape index (κ2) is 3.96. The van der Waals surface area contributed by atoms with Crippen LogP contribution in [-0.4, -0.2) is 36.7 Å². The normalized spacial score (nSPS) is 24.4. The van der Waals surface area contributed by atoms with Gasteiger partial charge >= 0.3 is 0 Å². The van der Waals surface area contributed by atoms with Crippen molar-refractivity contribution in [2.45, 2.75) is 13.0 Å². The van der Waals surface area contributed by atoms with Crippen LogP contribution in [0.4, 0.5) is 0 Å². The molecule has 6 heteroatoms. The Morgan fingerprint density at radius 2 is 2.05 bits per heavy atom. The molecule has 19 heavy (non-hydrogen) atoms. The maximum atomic E-state index is 12.2. The van der Waals surface area contributed by atoms with Crippen LogP contribution in [0.25, 0.3) is 0 Å². The number of carbonyl (C=O) groups is 2. The molecule has 0 aromatic heterocycles. The van der Waals surface area contributed by atoms with E-state index in [0.717, 1.165) is 0 Å². The number of ketones is 2. The van der Waals surface area contributed by atoms with Crippen LogP contribution < -0.4 is 14.2 Å². The summed E-state index contributed by atoms with van der Waals surface area (Å²) in [4.78, 5) is 24.3. The minimum Gasteiger partial charge on any atom is -0.492 e. The average molecular weight is 264 g/mol. The molecule has 2 atom stereocenters. The zero-order valence-corrected chi connectivity index (χ0v) is 10.4. The van der Waals surface area contributed by atoms with Gasteiger partial charge in [0.15, 0.2) is 23.1 Å². The lowest BCUT2D eigenvalue weighted by molar-refractivity contribution is 0.0524. The summed E-state index contributed by atoms with van der Waals surface area (Å²) in [5.41, 5.74) is 0.284. The molecule has 2 aliphatic rings. The quantitative estimate of drug-likeness (QED) is 0.808. The van der Waals surface area contributed by atoms with Gasteiger partial charge < -0.3 is 19.3 Å². The highest BCUT2D eigenvalue weighted by Gasteiger charge is 2.42. The Kier molecular flexibility index (Phi) is 2.50. The molecule has 1 heterocycles. The number of hydrogen-bond donors (Lipinski definition) is 1. The number of methoxy groups -OCH3 is 1. The van der Waals surface area contributed by atoms with Crippen LogP contribution in [0.5, 0.6) is 17.2 Å². The van der Waals surface area contributed by atoms with Crippen molar-refractivity contribution in [3.8, 4) is 17.2 Å². The van der Waals surface area contributed by atoms with Crippen molar-refractivity contribution in [2.75, 3.05) is 13.9 Å². The van der Waals surface area contributed by atoms with E-state index in [-0.39, 0.29) is 29.5 Å². The monoisotopic (exact) mass is 264 g/mol. The summed E-state index contributed by atoms with van der Waals surface area (Å²) in [6.07, 6.45) is -1.35. The van der Waals surface area contributed by atoms with Crippen LogP contribution in [0.15, 0.2) is 6.07 Å². The van der Waals surface area contributed by atoms with E-state index < -0.39 is 17.8 Å². The molecule has 0 amide bonds. The number of benzene rings is 1. The summed E-state index contributed by atoms with van der Waals surface area (Å²) in [5, 5.41) is 9.83. The van der Waals surface area contributed by atoms with Crippen LogP contribution in [-0.2, 0) is 0 Å². The van der Waals surface area contributed by atoms with E-state index in [4.69, 9.17) is 14.2 Å². The van der Waals surface area contributed by atoms with Crippen molar-refractivity contribution in [2.24, 2.45) is 5.92 Å². The van der Waals surface area contributed by atoms with Crippen LogP contribution in [0.2, 0.25) is 0 Å². The topological polar surface area (TPSA) is 82.1 Å². The van der Waals surface area contributed by atoms with Crippen molar-refractivity contribution in [1.82, 2.24) is 0 Å². The fraction of sp³-hybridized carbons (Fsp3) is 0.385. The Bertz CT molecular complexity index is 591. The Labute approximate surface area is 108 Å². The summed E-state index contributed by atoms with van der Waals surface area (Å²) in [6, 6.07) is 1.48. The fourth-order valence-corrected chi connectivity index (χ4v) is 2.41. The molecule has 0 spiro atoms. The molecule has 0 bridgehead atoms. The highest BCUT2D eigenvalue weighted by Crippen LogP contribution is 2.47. The molecule has 2 unspecified atom stereocenters. The van der Waals surface area contributed by atoms with E-state index in [1.807, 2.05) is 0 Å². The Balaban J connectivity index is 2.31. The standard InChI is InChI=1S/C13H12O6/c1-5-9(14)6-3-7-12(19-4-18-7)13(17-2)8(6)11(16)10(5)15/h3,5,10,15H,4H2,1-2H3. The van der Waals surface area contributed by atoms with Crippen LogP contribution in [0.1, 0.15) is 27.6 Å². The molecule has 6 nitrogen and oxygen atoms in total. The first-order chi connectivity index (χ1) is 9.06. The van der Waals surface area contributed by atoms with Gasteiger partial charge in [-0.25, -0.2) is 0 Å². The zero-order valence-electron chi connectivity index (χ0n) is 10.4. The third-order valence-corrected chi connectivity index (χ3v) is 3.49. The number of hydrogen-bond acceptors (Lipinski definition) is 6. The molecular formula is C13H12O6. The van der Waals surface area contributed by atoms with Crippen LogP contribution in [0, 0.1) is 5.92 Å². The SMILES string of the molecule is COc1c2c(cc3c1C(=O)C(O)C(C)C3=O)OCO2. The summed E-state index contributed by atoms with van der Waals surface area (Å²) in [5.74, 6) is -0.792. The lowest BCUT2D eigenvalue weighted by Crippen LogP contribution is -2.39. The lowest BCUT2D eigenvalue weighted by Gasteiger charge is -2.26. The minimum atomic E-state index is -1.35. The summed E-state index contributed by atoms with van der Waals surface area (Å²) < 4.78 is 15.6. The van der Waals surface area contributed by atoms with Gasteiger partial charge in [-0.3, -0.25) is 9.59 Å². The molecule has 0 saturated carbocycles. The molecule has 1 aromatic rings. The first-order valence-electron chi connectivity index (χ1n) is 5.83. The van der Waals surface area contributed by atoms with Gasteiger partial charge in [0.1, 0.15) is 6.10 Å². The van der Waals surface area contributed by atoms with Gasteiger partial charge in [0, 0.05) is 5.56 Å². The number of aliphatic hydroxyl groups excluding tert-OH is 1. The van der Waals surface area contributed by atoms with Gasteiger partial charge in [0.25, 0.3) is 0 Å². The summed E-state index contributed by atoms with van der Waals surface area (Å²) in [7, 11) is 1.37. The van der Waals surface area contributed by atoms with Crippen molar-refractivity contribution in [3.63, 3.8) is 0 Å². The molecular weight excluding hydrogens is 252 g/mol. The number of aliphatic hydroxyl groups is 1. The van der Waals surface area contributed by atoms with E-state index in [1.165, 1.54) is 20.1 Å². The summed E-state index contributed by atoms with van der Waals surface area (Å²) >= 11 is 0. The fourth-order valence-electron chi connectivity index (χ4n) is 2.41. The van der Waals surface area contributed by atoms with Gasteiger partial charge in [-0.05, 0) is 6.07 Å². The predicted octanol–water partition coefficient (Wildman–Crippen LogP) is 0.800. The minimum absolute atomic E-state index is 0.00900. The lowest BCUT2D eigenvalue weighted by atomic mass is 9.80. The number of rotatable bonds is 1. The third-order valence-electron chi connectivity index (χ3n) is 3.49. The van der Waals surface area contributed by atoms with Crippen molar-refractivity contribution in [1.29, 1.82) is 0 Å². The number of Topliss-reactive ketones (excluding diaryl/α,β-unsaturated/α-hetero) is 2. The van der Waals surface area contributed by atoms with E-state index >= 15 is 0 Å². The maximum Gasteiger partial charge on any atom is 0.231 e. The molecule has 0 radical (unpaired) electrons. The zero-order chi connectivity index (χ0) is 13.7. The third kappa shape index (κ3) is 1.46. The molecule has 1 N–H and O–H groups in total. The van der Waals surface area contributed by atoms with Gasteiger partial charge in [-0.2, -0.15) is 0 Å². The Morgan fingerprint density at radius 1 is 1.32 bits per heavy atom.